The Morgan fingerprint density at radius 2 is 1.95 bits per heavy atom. The fourth-order valence-electron chi connectivity index (χ4n) is 3.72. The fourth-order valence-corrected chi connectivity index (χ4v) is 7.93. The molecule has 22 heavy (non-hydrogen) atoms. The van der Waals surface area contributed by atoms with Crippen molar-refractivity contribution in [3.05, 3.63) is 12.7 Å². The van der Waals surface area contributed by atoms with E-state index < -0.39 is 13.8 Å². The summed E-state index contributed by atoms with van der Waals surface area (Å²) in [5.41, 5.74) is 0.0137. The predicted molar refractivity (Wildman–Crippen MR) is 89.8 cm³/mol. The molecule has 0 spiro atoms. The molecule has 5 nitrogen and oxygen atoms in total. The van der Waals surface area contributed by atoms with E-state index in [9.17, 15) is 4.79 Å². The van der Waals surface area contributed by atoms with Crippen LogP contribution in [0.5, 0.6) is 0 Å². The van der Waals surface area contributed by atoms with E-state index in [1.165, 1.54) is 6.08 Å². The van der Waals surface area contributed by atoms with E-state index in [4.69, 9.17) is 13.6 Å². The van der Waals surface area contributed by atoms with E-state index in [-0.39, 0.29) is 17.4 Å². The van der Waals surface area contributed by atoms with E-state index in [1.807, 2.05) is 0 Å². The van der Waals surface area contributed by atoms with Crippen LogP contribution in [0.1, 0.15) is 40.0 Å². The molecule has 0 aromatic heterocycles. The van der Waals surface area contributed by atoms with Gasteiger partial charge in [0.15, 0.2) is 0 Å². The van der Waals surface area contributed by atoms with Gasteiger partial charge in [-0.1, -0.05) is 27.4 Å². The van der Waals surface area contributed by atoms with Crippen molar-refractivity contribution in [2.45, 2.75) is 57.3 Å². The molecule has 0 aromatic rings. The zero-order valence-electron chi connectivity index (χ0n) is 14.8. The van der Waals surface area contributed by atoms with Crippen LogP contribution in [0, 0.1) is 5.41 Å². The molecule has 1 fully saturated rings. The summed E-state index contributed by atoms with van der Waals surface area (Å²) in [4.78, 5) is 11.9. The number of methoxy groups -OCH3 is 1. The van der Waals surface area contributed by atoms with Crippen LogP contribution in [0.3, 0.4) is 0 Å². The van der Waals surface area contributed by atoms with Gasteiger partial charge in [-0.25, -0.2) is 0 Å². The SMILES string of the molecule is C=CC(=O)NC1CCC[Si](OC)(OC)C1(CC(C)(C)C)OC. The molecule has 0 saturated carbocycles. The number of rotatable bonds is 6. The maximum Gasteiger partial charge on any atom is 0.372 e. The number of amides is 1. The molecule has 0 radical (unpaired) electrons. The van der Waals surface area contributed by atoms with E-state index >= 15 is 0 Å². The third kappa shape index (κ3) is 3.62. The van der Waals surface area contributed by atoms with Crippen molar-refractivity contribution < 1.29 is 18.4 Å². The molecule has 1 amide bonds. The topological polar surface area (TPSA) is 56.8 Å². The van der Waals surface area contributed by atoms with Crippen LogP contribution in [-0.2, 0) is 18.4 Å². The molecule has 1 aliphatic heterocycles. The Kier molecular flexibility index (Phi) is 6.38. The summed E-state index contributed by atoms with van der Waals surface area (Å²) in [6.45, 7) is 10.0. The number of hydrogen-bond donors (Lipinski definition) is 1. The third-order valence-corrected chi connectivity index (χ3v) is 8.87. The smallest absolute Gasteiger partial charge is 0.372 e. The summed E-state index contributed by atoms with van der Waals surface area (Å²) >= 11 is 0. The van der Waals surface area contributed by atoms with Gasteiger partial charge in [-0.2, -0.15) is 0 Å². The second kappa shape index (κ2) is 7.25. The Morgan fingerprint density at radius 1 is 1.36 bits per heavy atom. The highest BCUT2D eigenvalue weighted by Crippen LogP contribution is 2.46. The standard InChI is InChI=1S/C16H31NO4Si/c1-8-14(18)17-13-10-9-11-22(20-6,21-7)16(13,19-5)12-15(2,3)4/h8,13H,1,9-12H2,2-7H3,(H,17,18). The van der Waals surface area contributed by atoms with Crippen molar-refractivity contribution in [2.24, 2.45) is 5.41 Å². The zero-order valence-corrected chi connectivity index (χ0v) is 15.8. The van der Waals surface area contributed by atoms with Gasteiger partial charge in [-0.15, -0.1) is 0 Å². The molecule has 2 atom stereocenters. The molecule has 6 heteroatoms. The number of hydrogen-bond acceptors (Lipinski definition) is 4. The normalized spacial score (nSPS) is 28.2. The molecule has 1 heterocycles. The van der Waals surface area contributed by atoms with Gasteiger partial charge in [0.25, 0.3) is 0 Å². The second-order valence-electron chi connectivity index (χ2n) is 7.15. The highest BCUT2D eigenvalue weighted by molar-refractivity contribution is 6.71. The van der Waals surface area contributed by atoms with Crippen LogP contribution >= 0.6 is 0 Å². The van der Waals surface area contributed by atoms with Crippen molar-refractivity contribution in [1.29, 1.82) is 0 Å². The lowest BCUT2D eigenvalue weighted by Crippen LogP contribution is -2.74. The van der Waals surface area contributed by atoms with Crippen LogP contribution in [0.15, 0.2) is 12.7 Å². The summed E-state index contributed by atoms with van der Waals surface area (Å²) in [7, 11) is 2.46. The first kappa shape index (κ1) is 19.4. The van der Waals surface area contributed by atoms with Gasteiger partial charge in [0, 0.05) is 21.3 Å². The maximum absolute atomic E-state index is 11.9. The van der Waals surface area contributed by atoms with Gasteiger partial charge < -0.3 is 18.9 Å². The van der Waals surface area contributed by atoms with Crippen LogP contribution in [0.4, 0.5) is 0 Å². The first-order valence-corrected chi connectivity index (χ1v) is 9.81. The number of nitrogens with one attached hydrogen (secondary N) is 1. The summed E-state index contributed by atoms with van der Waals surface area (Å²) in [6, 6.07) is 0.729. The van der Waals surface area contributed by atoms with E-state index in [1.54, 1.807) is 21.3 Å². The summed E-state index contributed by atoms with van der Waals surface area (Å²) in [5, 5.41) is 2.43. The zero-order chi connectivity index (χ0) is 17.0. The summed E-state index contributed by atoms with van der Waals surface area (Å²) < 4.78 is 18.0. The van der Waals surface area contributed by atoms with Gasteiger partial charge >= 0.3 is 8.56 Å². The minimum atomic E-state index is -2.63. The van der Waals surface area contributed by atoms with Crippen LogP contribution in [0.25, 0.3) is 0 Å². The van der Waals surface area contributed by atoms with Crippen molar-refractivity contribution in [1.82, 2.24) is 5.32 Å². The first-order chi connectivity index (χ1) is 10.2. The van der Waals surface area contributed by atoms with Crippen LogP contribution in [-0.4, -0.2) is 47.1 Å². The Balaban J connectivity index is 3.34. The lowest BCUT2D eigenvalue weighted by molar-refractivity contribution is -0.121. The van der Waals surface area contributed by atoms with E-state index in [0.29, 0.717) is 0 Å². The highest BCUT2D eigenvalue weighted by atomic mass is 28.4. The summed E-state index contributed by atoms with van der Waals surface area (Å²) in [5.74, 6) is -0.183. The van der Waals surface area contributed by atoms with Gasteiger partial charge in [-0.05, 0) is 36.8 Å². The van der Waals surface area contributed by atoms with Crippen LogP contribution in [0.2, 0.25) is 6.04 Å². The quantitative estimate of drug-likeness (QED) is 0.601. The number of carbonyl (C=O) groups excluding carboxylic acids is 1. The molecule has 1 rings (SSSR count). The predicted octanol–water partition coefficient (Wildman–Crippen LogP) is 2.55. The maximum atomic E-state index is 11.9. The second-order valence-corrected chi connectivity index (χ2v) is 10.8. The largest absolute Gasteiger partial charge is 0.396 e. The number of ether oxygens (including phenoxy) is 1. The Bertz CT molecular complexity index is 403. The average molecular weight is 330 g/mol. The van der Waals surface area contributed by atoms with Crippen LogP contribution < -0.4 is 5.32 Å². The lowest BCUT2D eigenvalue weighted by Gasteiger charge is -2.54. The minimum Gasteiger partial charge on any atom is -0.396 e. The molecule has 0 aliphatic carbocycles. The van der Waals surface area contributed by atoms with Gasteiger partial charge in [0.05, 0.1) is 6.04 Å². The van der Waals surface area contributed by atoms with Crippen molar-refractivity contribution in [3.63, 3.8) is 0 Å². The van der Waals surface area contributed by atoms with E-state index in [0.717, 1.165) is 25.3 Å². The highest BCUT2D eigenvalue weighted by Gasteiger charge is 2.64. The summed E-state index contributed by atoms with van der Waals surface area (Å²) in [6.07, 6.45) is 3.86. The van der Waals surface area contributed by atoms with Crippen molar-refractivity contribution in [3.8, 4) is 0 Å². The Hall–Kier alpha value is -0.693. The molecule has 2 unspecified atom stereocenters. The molecule has 1 N–H and O–H groups in total. The fraction of sp³-hybridized carbons (Fsp3) is 0.812. The van der Waals surface area contributed by atoms with Crippen molar-refractivity contribution in [2.75, 3.05) is 21.3 Å². The van der Waals surface area contributed by atoms with Gasteiger partial charge in [0.2, 0.25) is 5.91 Å². The molecule has 0 aromatic carbocycles. The monoisotopic (exact) mass is 329 g/mol. The van der Waals surface area contributed by atoms with Gasteiger partial charge in [0.1, 0.15) is 5.22 Å². The number of carbonyl (C=O) groups is 1. The minimum absolute atomic E-state index is 0.0137. The van der Waals surface area contributed by atoms with Gasteiger partial charge in [-0.3, -0.25) is 4.79 Å². The lowest BCUT2D eigenvalue weighted by atomic mass is 9.84. The molecule has 0 bridgehead atoms. The molecule has 1 aliphatic rings. The third-order valence-electron chi connectivity index (χ3n) is 4.52. The first-order valence-electron chi connectivity index (χ1n) is 7.78. The van der Waals surface area contributed by atoms with Crippen molar-refractivity contribution >= 4 is 14.5 Å². The molecular formula is C16H31NO4Si. The Morgan fingerprint density at radius 3 is 2.36 bits per heavy atom. The Labute approximate surface area is 135 Å². The van der Waals surface area contributed by atoms with E-state index in [2.05, 4.69) is 32.7 Å². The average Bonchev–Trinajstić information content (AvgIpc) is 2.47. The molecule has 1 saturated heterocycles. The molecule has 128 valence electrons. The molecular weight excluding hydrogens is 298 g/mol.